The maximum atomic E-state index is 11.1. The molecule has 0 aromatic rings. The topological polar surface area (TPSA) is 222 Å². The zero-order valence-corrected chi connectivity index (χ0v) is 16.6. The summed E-state index contributed by atoms with van der Waals surface area (Å²) in [5.41, 5.74) is 2.19. The number of phosphoric acid groups is 1. The van der Waals surface area contributed by atoms with Gasteiger partial charge in [0.1, 0.15) is 0 Å². The molecule has 0 heterocycles. The summed E-state index contributed by atoms with van der Waals surface area (Å²) in [4.78, 5) is 31.5. The molecule has 0 saturated carbocycles. The van der Waals surface area contributed by atoms with E-state index < -0.39 is 14.6 Å². The number of hydrogen-bond donors (Lipinski definition) is 3. The van der Waals surface area contributed by atoms with Crippen molar-refractivity contribution < 1.29 is 28.1 Å². The van der Waals surface area contributed by atoms with Crippen LogP contribution in [0.25, 0.3) is 0 Å². The number of hydrogen-bond acceptors (Lipinski definition) is 7. The number of quaternary nitrogens is 3. The molecule has 0 saturated heterocycles. The Morgan fingerprint density at radius 3 is 1.95 bits per heavy atom. The van der Waals surface area contributed by atoms with Gasteiger partial charge in [-0.1, -0.05) is 34.7 Å². The average Bonchev–Trinajstić information content (AvgIpc) is 2.12. The lowest BCUT2D eigenvalue weighted by Gasteiger charge is -2.35. The number of rotatable bonds is 8. The molecule has 0 bridgehead atoms. The fourth-order valence-electron chi connectivity index (χ4n) is 1.11. The Bertz CT molecular complexity index is 448. The molecule has 136 valence electrons. The standard InChI is InChI=1S/C10H20O6P2S.3H3N/c1-9(2)5-4-6-10(3)7-8-19-18(14,15)16-17(11,12)13;;;/h5,7H,4,6,8H2,1-3H3,(H,14,15)(H2,11,12,13);3*1H3/b10-7+;;;. The van der Waals surface area contributed by atoms with Crippen molar-refractivity contribution in [3.05, 3.63) is 23.3 Å². The lowest BCUT2D eigenvalue weighted by atomic mass is 10.1. The maximum Gasteiger partial charge on any atom is 0.196 e. The minimum atomic E-state index is -5.50. The Kier molecular flexibility index (Phi) is 18.3. The lowest BCUT2D eigenvalue weighted by molar-refractivity contribution is -0.337. The molecule has 0 aromatic heterocycles. The van der Waals surface area contributed by atoms with Crippen molar-refractivity contribution in [1.82, 2.24) is 18.5 Å². The van der Waals surface area contributed by atoms with Gasteiger partial charge in [0.2, 0.25) is 0 Å². The van der Waals surface area contributed by atoms with Gasteiger partial charge in [0, 0.05) is 5.75 Å². The smallest absolute Gasteiger partial charge is 0.196 e. The summed E-state index contributed by atoms with van der Waals surface area (Å²) < 4.78 is 24.8. The molecule has 12 N–H and O–H groups in total. The van der Waals surface area contributed by atoms with Gasteiger partial charge in [0.15, 0.2) is 6.80 Å². The molecule has 0 spiro atoms. The van der Waals surface area contributed by atoms with E-state index in [1.807, 2.05) is 20.8 Å². The van der Waals surface area contributed by atoms with Gasteiger partial charge in [-0.05, 0) is 33.6 Å². The minimum absolute atomic E-state index is 0. The summed E-state index contributed by atoms with van der Waals surface area (Å²) >= 11 is 0.287. The van der Waals surface area contributed by atoms with Crippen LogP contribution in [-0.2, 0) is 13.4 Å². The lowest BCUT2D eigenvalue weighted by Crippen LogP contribution is -2.17. The summed E-state index contributed by atoms with van der Waals surface area (Å²) in [7, 11) is -5.50. The van der Waals surface area contributed by atoms with Crippen molar-refractivity contribution in [1.29, 1.82) is 0 Å². The molecule has 12 heteroatoms. The highest BCUT2D eigenvalue weighted by atomic mass is 32.7. The molecular weight excluding hydrogens is 352 g/mol. The van der Waals surface area contributed by atoms with Crippen LogP contribution in [0.15, 0.2) is 23.3 Å². The molecule has 0 fully saturated rings. The zero-order chi connectivity index (χ0) is 15.1. The predicted octanol–water partition coefficient (Wildman–Crippen LogP) is 2.85. The third-order valence-electron chi connectivity index (χ3n) is 1.96. The third kappa shape index (κ3) is 20.0. The second-order valence-electron chi connectivity index (χ2n) is 4.14. The molecule has 22 heavy (non-hydrogen) atoms. The largest absolute Gasteiger partial charge is 0.790 e. The molecule has 0 aliphatic carbocycles. The van der Waals surface area contributed by atoms with Gasteiger partial charge in [-0.15, -0.1) is 0 Å². The summed E-state index contributed by atoms with van der Waals surface area (Å²) in [5, 5.41) is 0. The van der Waals surface area contributed by atoms with E-state index in [-0.39, 0.29) is 35.6 Å². The maximum absolute atomic E-state index is 11.1. The fourth-order valence-corrected chi connectivity index (χ4v) is 4.75. The highest BCUT2D eigenvalue weighted by Crippen LogP contribution is 2.59. The van der Waals surface area contributed by atoms with Crippen molar-refractivity contribution >= 4 is 26.0 Å². The number of allylic oxidation sites excluding steroid dienone is 3. The molecule has 0 rings (SSSR count). The van der Waals surface area contributed by atoms with Crippen molar-refractivity contribution in [2.24, 2.45) is 0 Å². The van der Waals surface area contributed by atoms with Gasteiger partial charge in [0.25, 0.3) is 0 Å². The molecule has 0 aliphatic rings. The van der Waals surface area contributed by atoms with Gasteiger partial charge in [-0.3, -0.25) is 8.88 Å². The SMILES string of the molecule is CC(C)=CCC/C(C)=C/CSP(=O)([O-])OP(=O)([O-])[O-].[NH4+].[NH4+].[NH4+]. The van der Waals surface area contributed by atoms with Crippen LogP contribution >= 0.6 is 26.0 Å². The second-order valence-corrected chi connectivity index (χ2v) is 9.29. The predicted molar refractivity (Wildman–Crippen MR) is 89.1 cm³/mol. The van der Waals surface area contributed by atoms with Crippen LogP contribution in [0.4, 0.5) is 0 Å². The first-order valence-corrected chi connectivity index (χ1v) is 10.1. The van der Waals surface area contributed by atoms with Crippen molar-refractivity contribution in [3.8, 4) is 0 Å². The third-order valence-corrected chi connectivity index (χ3v) is 6.18. The zero-order valence-electron chi connectivity index (χ0n) is 14.0. The van der Waals surface area contributed by atoms with Crippen LogP contribution in [0.3, 0.4) is 0 Å². The average molecular weight is 381 g/mol. The van der Waals surface area contributed by atoms with Gasteiger partial charge < -0.3 is 37.7 Å². The molecule has 0 amide bonds. The van der Waals surface area contributed by atoms with E-state index in [1.54, 1.807) is 6.08 Å². The first-order chi connectivity index (χ1) is 8.52. The first kappa shape index (κ1) is 30.0. The summed E-state index contributed by atoms with van der Waals surface area (Å²) in [6, 6.07) is 0. The normalized spacial score (nSPS) is 13.8. The van der Waals surface area contributed by atoms with E-state index in [0.717, 1.165) is 18.4 Å². The van der Waals surface area contributed by atoms with E-state index in [1.165, 1.54) is 5.57 Å². The second kappa shape index (κ2) is 13.4. The molecule has 0 radical (unpaired) electrons. The summed E-state index contributed by atoms with van der Waals surface area (Å²) in [5.74, 6) is 0.0431. The van der Waals surface area contributed by atoms with E-state index >= 15 is 0 Å². The van der Waals surface area contributed by atoms with E-state index in [9.17, 15) is 23.8 Å². The summed E-state index contributed by atoms with van der Waals surface area (Å²) in [6.07, 6.45) is 5.38. The Hall–Kier alpha value is 0.01000. The molecule has 9 nitrogen and oxygen atoms in total. The van der Waals surface area contributed by atoms with Crippen LogP contribution in [0.2, 0.25) is 0 Å². The van der Waals surface area contributed by atoms with E-state index in [0.29, 0.717) is 0 Å². The first-order valence-electron chi connectivity index (χ1n) is 5.50. The molecule has 1 unspecified atom stereocenters. The minimum Gasteiger partial charge on any atom is -0.790 e. The fraction of sp³-hybridized carbons (Fsp3) is 0.600. The highest BCUT2D eigenvalue weighted by molar-refractivity contribution is 8.54. The molecule has 1 atom stereocenters. The summed E-state index contributed by atoms with van der Waals surface area (Å²) in [6.45, 7) is 1.14. The molecular formula is C10H29N3O6P2S. The highest BCUT2D eigenvalue weighted by Gasteiger charge is 2.10. The van der Waals surface area contributed by atoms with Crippen LogP contribution < -0.4 is 33.1 Å². The van der Waals surface area contributed by atoms with Crippen LogP contribution in [0.1, 0.15) is 33.6 Å². The van der Waals surface area contributed by atoms with Crippen LogP contribution in [-0.4, -0.2) is 5.75 Å². The van der Waals surface area contributed by atoms with E-state index in [2.05, 4.69) is 10.4 Å². The van der Waals surface area contributed by atoms with Crippen LogP contribution in [0, 0.1) is 0 Å². The van der Waals surface area contributed by atoms with Gasteiger partial charge in [-0.2, -0.15) is 0 Å². The van der Waals surface area contributed by atoms with Crippen molar-refractivity contribution in [3.63, 3.8) is 0 Å². The van der Waals surface area contributed by atoms with Crippen molar-refractivity contribution in [2.45, 2.75) is 33.6 Å². The Labute approximate surface area is 135 Å². The molecule has 0 aromatic carbocycles. The van der Waals surface area contributed by atoms with Gasteiger partial charge in [0.05, 0.1) is 7.82 Å². The van der Waals surface area contributed by atoms with Crippen molar-refractivity contribution in [2.75, 3.05) is 5.75 Å². The Morgan fingerprint density at radius 2 is 1.55 bits per heavy atom. The Balaban J connectivity index is -0.000000540. The quantitative estimate of drug-likeness (QED) is 0.420. The van der Waals surface area contributed by atoms with Gasteiger partial charge >= 0.3 is 0 Å². The monoisotopic (exact) mass is 381 g/mol. The molecule has 0 aliphatic heterocycles. The Morgan fingerprint density at radius 1 is 1.05 bits per heavy atom. The van der Waals surface area contributed by atoms with E-state index in [4.69, 9.17) is 0 Å². The van der Waals surface area contributed by atoms with Gasteiger partial charge in [-0.25, -0.2) is 0 Å². The van der Waals surface area contributed by atoms with Crippen LogP contribution in [0.5, 0.6) is 0 Å².